The Bertz CT molecular complexity index is 578. The zero-order valence-corrected chi connectivity index (χ0v) is 12.8. The predicted octanol–water partition coefficient (Wildman–Crippen LogP) is 2.49. The van der Waals surface area contributed by atoms with Gasteiger partial charge < -0.3 is 9.64 Å². The highest BCUT2D eigenvalue weighted by Gasteiger charge is 2.27. The van der Waals surface area contributed by atoms with Crippen LogP contribution in [-0.4, -0.2) is 30.6 Å². The Labute approximate surface area is 125 Å². The van der Waals surface area contributed by atoms with Crippen LogP contribution < -0.4 is 4.90 Å². The molecule has 0 spiro atoms. The van der Waals surface area contributed by atoms with Crippen molar-refractivity contribution < 1.29 is 9.53 Å². The standard InChI is InChI=1S/C16H21N3O2/c1-11-8-15(14(10-17)12(2)18-11)19-7-5-4-6-13(19)9-16(20)21-3/h8,13H,4-7,9H2,1-3H3. The molecular weight excluding hydrogens is 266 g/mol. The van der Waals surface area contributed by atoms with E-state index in [1.807, 2.05) is 19.9 Å². The maximum Gasteiger partial charge on any atom is 0.307 e. The largest absolute Gasteiger partial charge is 0.469 e. The number of esters is 1. The van der Waals surface area contributed by atoms with E-state index in [0.29, 0.717) is 12.0 Å². The first-order valence-corrected chi connectivity index (χ1v) is 7.28. The van der Waals surface area contributed by atoms with Crippen molar-refractivity contribution in [1.82, 2.24) is 4.98 Å². The summed E-state index contributed by atoms with van der Waals surface area (Å²) in [7, 11) is 1.41. The van der Waals surface area contributed by atoms with Crippen LogP contribution in [-0.2, 0) is 9.53 Å². The zero-order chi connectivity index (χ0) is 15.4. The van der Waals surface area contributed by atoms with Gasteiger partial charge in [0.1, 0.15) is 6.07 Å². The van der Waals surface area contributed by atoms with Crippen LogP contribution >= 0.6 is 0 Å². The van der Waals surface area contributed by atoms with Gasteiger partial charge in [-0.2, -0.15) is 5.26 Å². The maximum atomic E-state index is 11.6. The number of nitriles is 1. The van der Waals surface area contributed by atoms with E-state index in [2.05, 4.69) is 16.0 Å². The molecule has 2 heterocycles. The normalized spacial score (nSPS) is 18.2. The number of aryl methyl sites for hydroxylation is 2. The van der Waals surface area contributed by atoms with Crippen LogP contribution in [0.3, 0.4) is 0 Å². The third kappa shape index (κ3) is 3.33. The first-order chi connectivity index (χ1) is 10.1. The number of anilines is 1. The topological polar surface area (TPSA) is 66.2 Å². The molecule has 5 nitrogen and oxygen atoms in total. The molecule has 0 N–H and O–H groups in total. The smallest absolute Gasteiger partial charge is 0.307 e. The lowest BCUT2D eigenvalue weighted by atomic mass is 9.97. The fourth-order valence-corrected chi connectivity index (χ4v) is 2.98. The third-order valence-corrected chi connectivity index (χ3v) is 3.99. The number of hydrogen-bond donors (Lipinski definition) is 0. The Balaban J connectivity index is 2.37. The summed E-state index contributed by atoms with van der Waals surface area (Å²) in [4.78, 5) is 18.2. The van der Waals surface area contributed by atoms with Crippen LogP contribution in [0, 0.1) is 25.2 Å². The number of ether oxygens (including phenoxy) is 1. The molecular formula is C16H21N3O2. The Hall–Kier alpha value is -2.09. The molecule has 1 saturated heterocycles. The number of hydrogen-bond acceptors (Lipinski definition) is 5. The van der Waals surface area contributed by atoms with E-state index in [1.165, 1.54) is 7.11 Å². The molecule has 1 aromatic heterocycles. The molecule has 0 aliphatic carbocycles. The van der Waals surface area contributed by atoms with Gasteiger partial charge in [0.2, 0.25) is 0 Å². The van der Waals surface area contributed by atoms with E-state index in [0.717, 1.165) is 42.9 Å². The highest BCUT2D eigenvalue weighted by atomic mass is 16.5. The number of pyridine rings is 1. The first-order valence-electron chi connectivity index (χ1n) is 7.28. The van der Waals surface area contributed by atoms with Crippen molar-refractivity contribution in [2.45, 2.75) is 45.6 Å². The Kier molecular flexibility index (Phi) is 4.79. The zero-order valence-electron chi connectivity index (χ0n) is 12.8. The molecule has 0 amide bonds. The third-order valence-electron chi connectivity index (χ3n) is 3.99. The molecule has 0 aromatic carbocycles. The highest BCUT2D eigenvalue weighted by Crippen LogP contribution is 2.31. The number of nitrogens with zero attached hydrogens (tertiary/aromatic N) is 3. The van der Waals surface area contributed by atoms with Crippen molar-refractivity contribution in [3.8, 4) is 6.07 Å². The molecule has 5 heteroatoms. The van der Waals surface area contributed by atoms with E-state index in [9.17, 15) is 10.1 Å². The van der Waals surface area contributed by atoms with Gasteiger partial charge in [-0.05, 0) is 39.2 Å². The van der Waals surface area contributed by atoms with Gasteiger partial charge in [0, 0.05) is 18.3 Å². The van der Waals surface area contributed by atoms with Crippen molar-refractivity contribution >= 4 is 11.7 Å². The molecule has 0 radical (unpaired) electrons. The van der Waals surface area contributed by atoms with Gasteiger partial charge >= 0.3 is 5.97 Å². The van der Waals surface area contributed by atoms with E-state index in [4.69, 9.17) is 4.74 Å². The Morgan fingerprint density at radius 3 is 2.95 bits per heavy atom. The van der Waals surface area contributed by atoms with Gasteiger partial charge in [0.25, 0.3) is 0 Å². The molecule has 1 aliphatic rings. The van der Waals surface area contributed by atoms with Crippen molar-refractivity contribution in [3.05, 3.63) is 23.0 Å². The SMILES string of the molecule is COC(=O)CC1CCCCN1c1cc(C)nc(C)c1C#N. The minimum atomic E-state index is -0.201. The van der Waals surface area contributed by atoms with Crippen LogP contribution in [0.2, 0.25) is 0 Å². The van der Waals surface area contributed by atoms with Crippen LogP contribution in [0.25, 0.3) is 0 Å². The number of methoxy groups -OCH3 is 1. The second-order valence-corrected chi connectivity index (χ2v) is 5.48. The summed E-state index contributed by atoms with van der Waals surface area (Å²) in [6.07, 6.45) is 3.48. The number of carbonyl (C=O) groups excluding carboxylic acids is 1. The van der Waals surface area contributed by atoms with Gasteiger partial charge in [-0.1, -0.05) is 0 Å². The van der Waals surface area contributed by atoms with Gasteiger partial charge in [0.15, 0.2) is 0 Å². The highest BCUT2D eigenvalue weighted by molar-refractivity contribution is 5.71. The molecule has 0 saturated carbocycles. The van der Waals surface area contributed by atoms with E-state index < -0.39 is 0 Å². The van der Waals surface area contributed by atoms with E-state index in [1.54, 1.807) is 0 Å². The lowest BCUT2D eigenvalue weighted by Crippen LogP contribution is -2.41. The number of rotatable bonds is 3. The summed E-state index contributed by atoms with van der Waals surface area (Å²) in [5, 5.41) is 9.43. The van der Waals surface area contributed by atoms with E-state index >= 15 is 0 Å². The van der Waals surface area contributed by atoms with Crippen molar-refractivity contribution in [2.24, 2.45) is 0 Å². The molecule has 1 fully saturated rings. The maximum absolute atomic E-state index is 11.6. The van der Waals surface area contributed by atoms with Crippen molar-refractivity contribution in [2.75, 3.05) is 18.6 Å². The van der Waals surface area contributed by atoms with Crippen LogP contribution in [0.1, 0.15) is 42.6 Å². The summed E-state index contributed by atoms with van der Waals surface area (Å²) in [5.74, 6) is -0.201. The first kappa shape index (κ1) is 15.3. The summed E-state index contributed by atoms with van der Waals surface area (Å²) in [5.41, 5.74) is 3.15. The second-order valence-electron chi connectivity index (χ2n) is 5.48. The van der Waals surface area contributed by atoms with Gasteiger partial charge in [-0.3, -0.25) is 9.78 Å². The van der Waals surface area contributed by atoms with Gasteiger partial charge in [0.05, 0.1) is 30.5 Å². The Morgan fingerprint density at radius 2 is 2.29 bits per heavy atom. The summed E-state index contributed by atoms with van der Waals surface area (Å²) < 4.78 is 4.80. The summed E-state index contributed by atoms with van der Waals surface area (Å²) in [6, 6.07) is 4.30. The quantitative estimate of drug-likeness (QED) is 0.799. The van der Waals surface area contributed by atoms with Gasteiger partial charge in [-0.15, -0.1) is 0 Å². The van der Waals surface area contributed by atoms with Gasteiger partial charge in [-0.25, -0.2) is 0 Å². The summed E-state index contributed by atoms with van der Waals surface area (Å²) >= 11 is 0. The van der Waals surface area contributed by atoms with Crippen LogP contribution in [0.4, 0.5) is 5.69 Å². The minimum Gasteiger partial charge on any atom is -0.469 e. The Morgan fingerprint density at radius 1 is 1.52 bits per heavy atom. The molecule has 1 aliphatic heterocycles. The fourth-order valence-electron chi connectivity index (χ4n) is 2.98. The molecule has 21 heavy (non-hydrogen) atoms. The molecule has 1 aromatic rings. The van der Waals surface area contributed by atoms with Crippen molar-refractivity contribution in [1.29, 1.82) is 5.26 Å². The molecule has 2 rings (SSSR count). The number of aromatic nitrogens is 1. The van der Waals surface area contributed by atoms with Crippen LogP contribution in [0.15, 0.2) is 6.07 Å². The lowest BCUT2D eigenvalue weighted by molar-refractivity contribution is -0.141. The second kappa shape index (κ2) is 6.57. The molecule has 112 valence electrons. The van der Waals surface area contributed by atoms with Crippen molar-refractivity contribution in [3.63, 3.8) is 0 Å². The number of piperidine rings is 1. The number of carbonyl (C=O) groups is 1. The minimum absolute atomic E-state index is 0.0968. The van der Waals surface area contributed by atoms with Crippen LogP contribution in [0.5, 0.6) is 0 Å². The lowest BCUT2D eigenvalue weighted by Gasteiger charge is -2.37. The van der Waals surface area contributed by atoms with E-state index in [-0.39, 0.29) is 12.0 Å². The average molecular weight is 287 g/mol. The fraction of sp³-hybridized carbons (Fsp3) is 0.562. The summed E-state index contributed by atoms with van der Waals surface area (Å²) in [6.45, 7) is 4.64. The monoisotopic (exact) mass is 287 g/mol. The molecule has 0 bridgehead atoms. The molecule has 1 unspecified atom stereocenters. The average Bonchev–Trinajstić information content (AvgIpc) is 2.47. The predicted molar refractivity (Wildman–Crippen MR) is 80.0 cm³/mol. The molecule has 1 atom stereocenters.